The Labute approximate surface area is 162 Å². The largest absolute Gasteiger partial charge is 0.497 e. The molecule has 0 unspecified atom stereocenters. The minimum absolute atomic E-state index is 0.0498. The van der Waals surface area contributed by atoms with E-state index in [-0.39, 0.29) is 11.8 Å². The lowest BCUT2D eigenvalue weighted by Crippen LogP contribution is -2.41. The SMILES string of the molecule is COc1ccc(OC)c(NC(=O)[C@@H]2CCCN(c3ncnc4nc[nH]c34)C2)c1. The second-order valence-electron chi connectivity index (χ2n) is 6.64. The summed E-state index contributed by atoms with van der Waals surface area (Å²) in [7, 11) is 3.16. The van der Waals surface area contributed by atoms with Crippen LogP contribution in [-0.4, -0.2) is 53.2 Å². The fourth-order valence-electron chi connectivity index (χ4n) is 3.52. The lowest BCUT2D eigenvalue weighted by atomic mass is 9.97. The molecule has 1 aliphatic heterocycles. The Balaban J connectivity index is 1.52. The zero-order valence-electron chi connectivity index (χ0n) is 15.8. The zero-order valence-corrected chi connectivity index (χ0v) is 15.8. The van der Waals surface area contributed by atoms with Gasteiger partial charge in [-0.25, -0.2) is 15.0 Å². The molecule has 0 saturated carbocycles. The minimum atomic E-state index is -0.169. The van der Waals surface area contributed by atoms with E-state index in [4.69, 9.17) is 9.47 Å². The van der Waals surface area contributed by atoms with Crippen LogP contribution in [0.4, 0.5) is 11.5 Å². The topological polar surface area (TPSA) is 105 Å². The van der Waals surface area contributed by atoms with Crippen molar-refractivity contribution in [2.45, 2.75) is 12.8 Å². The van der Waals surface area contributed by atoms with Crippen LogP contribution in [0.15, 0.2) is 30.9 Å². The number of benzene rings is 1. The molecule has 9 nitrogen and oxygen atoms in total. The Morgan fingerprint density at radius 3 is 2.96 bits per heavy atom. The molecule has 2 aromatic heterocycles. The molecule has 0 aliphatic carbocycles. The van der Waals surface area contributed by atoms with Crippen molar-refractivity contribution in [2.24, 2.45) is 5.92 Å². The van der Waals surface area contributed by atoms with Gasteiger partial charge in [-0.2, -0.15) is 0 Å². The molecule has 4 rings (SSSR count). The van der Waals surface area contributed by atoms with Crippen LogP contribution in [0.3, 0.4) is 0 Å². The first-order valence-electron chi connectivity index (χ1n) is 9.11. The van der Waals surface area contributed by atoms with E-state index in [1.54, 1.807) is 38.7 Å². The van der Waals surface area contributed by atoms with E-state index in [0.29, 0.717) is 29.4 Å². The Bertz CT molecular complexity index is 989. The fourth-order valence-corrected chi connectivity index (χ4v) is 3.52. The van der Waals surface area contributed by atoms with Gasteiger partial charge in [-0.3, -0.25) is 4.79 Å². The van der Waals surface area contributed by atoms with Gasteiger partial charge in [-0.15, -0.1) is 0 Å². The van der Waals surface area contributed by atoms with Gasteiger partial charge < -0.3 is 24.7 Å². The lowest BCUT2D eigenvalue weighted by Gasteiger charge is -2.33. The number of amides is 1. The molecule has 28 heavy (non-hydrogen) atoms. The van der Waals surface area contributed by atoms with Gasteiger partial charge in [0.05, 0.1) is 32.2 Å². The number of H-pyrrole nitrogens is 1. The van der Waals surface area contributed by atoms with E-state index in [1.165, 1.54) is 6.33 Å². The van der Waals surface area contributed by atoms with Crippen molar-refractivity contribution in [3.63, 3.8) is 0 Å². The summed E-state index contributed by atoms with van der Waals surface area (Å²) >= 11 is 0. The monoisotopic (exact) mass is 382 g/mol. The number of piperidine rings is 1. The number of carbonyl (C=O) groups is 1. The van der Waals surface area contributed by atoms with Gasteiger partial charge in [0.15, 0.2) is 11.5 Å². The molecular weight excluding hydrogens is 360 g/mol. The quantitative estimate of drug-likeness (QED) is 0.697. The molecular formula is C19H22N6O3. The molecule has 3 aromatic rings. The molecule has 146 valence electrons. The number of hydrogen-bond donors (Lipinski definition) is 2. The van der Waals surface area contributed by atoms with Crippen molar-refractivity contribution in [1.82, 2.24) is 19.9 Å². The summed E-state index contributed by atoms with van der Waals surface area (Å²) in [6.45, 7) is 1.40. The molecule has 2 N–H and O–H groups in total. The van der Waals surface area contributed by atoms with Crippen molar-refractivity contribution in [1.29, 1.82) is 0 Å². The first kappa shape index (κ1) is 18.0. The number of hydrogen-bond acceptors (Lipinski definition) is 7. The van der Waals surface area contributed by atoms with Crippen LogP contribution < -0.4 is 19.7 Å². The maximum absolute atomic E-state index is 12.9. The summed E-state index contributed by atoms with van der Waals surface area (Å²) < 4.78 is 10.6. The summed E-state index contributed by atoms with van der Waals surface area (Å²) in [5, 5.41) is 2.99. The Kier molecular flexibility index (Phi) is 4.96. The highest BCUT2D eigenvalue weighted by Crippen LogP contribution is 2.31. The summed E-state index contributed by atoms with van der Waals surface area (Å²) in [5.41, 5.74) is 2.01. The molecule has 0 radical (unpaired) electrons. The highest BCUT2D eigenvalue weighted by molar-refractivity contribution is 5.95. The molecule has 1 fully saturated rings. The highest BCUT2D eigenvalue weighted by atomic mass is 16.5. The van der Waals surface area contributed by atoms with Gasteiger partial charge in [0, 0.05) is 19.2 Å². The van der Waals surface area contributed by atoms with Crippen LogP contribution in [0.1, 0.15) is 12.8 Å². The van der Waals surface area contributed by atoms with E-state index in [9.17, 15) is 4.79 Å². The number of imidazole rings is 1. The van der Waals surface area contributed by atoms with E-state index in [0.717, 1.165) is 30.7 Å². The maximum atomic E-state index is 12.9. The molecule has 0 bridgehead atoms. The van der Waals surface area contributed by atoms with E-state index < -0.39 is 0 Å². The standard InChI is InChI=1S/C19H22N6O3/c1-27-13-5-6-15(28-2)14(8-13)24-19(26)12-4-3-7-25(9-12)18-16-17(21-10-20-16)22-11-23-18/h5-6,8,10-12H,3-4,7,9H2,1-2H3,(H,24,26)(H,20,21,22,23)/t12-/m1/s1. The second kappa shape index (κ2) is 7.71. The summed E-state index contributed by atoms with van der Waals surface area (Å²) in [6.07, 6.45) is 4.81. The van der Waals surface area contributed by atoms with Crippen LogP contribution >= 0.6 is 0 Å². The van der Waals surface area contributed by atoms with Gasteiger partial charge >= 0.3 is 0 Å². The first-order chi connectivity index (χ1) is 13.7. The lowest BCUT2D eigenvalue weighted by molar-refractivity contribution is -0.120. The van der Waals surface area contributed by atoms with Crippen molar-refractivity contribution in [3.05, 3.63) is 30.9 Å². The molecule has 1 aromatic carbocycles. The number of aromatic nitrogens is 4. The van der Waals surface area contributed by atoms with Crippen molar-refractivity contribution >= 4 is 28.6 Å². The van der Waals surface area contributed by atoms with Crippen LogP contribution in [0.5, 0.6) is 11.5 Å². The van der Waals surface area contributed by atoms with Crippen molar-refractivity contribution in [3.8, 4) is 11.5 Å². The molecule has 1 saturated heterocycles. The molecule has 0 spiro atoms. The Morgan fingerprint density at radius 2 is 2.14 bits per heavy atom. The number of ether oxygens (including phenoxy) is 2. The number of nitrogens with one attached hydrogen (secondary N) is 2. The average Bonchev–Trinajstić information content (AvgIpc) is 3.22. The smallest absolute Gasteiger partial charge is 0.229 e. The van der Waals surface area contributed by atoms with Gasteiger partial charge in [0.25, 0.3) is 0 Å². The van der Waals surface area contributed by atoms with Gasteiger partial charge in [0.2, 0.25) is 5.91 Å². The van der Waals surface area contributed by atoms with Crippen molar-refractivity contribution < 1.29 is 14.3 Å². The third kappa shape index (κ3) is 3.42. The number of rotatable bonds is 5. The third-order valence-corrected chi connectivity index (χ3v) is 4.96. The number of aromatic amines is 1. The fraction of sp³-hybridized carbons (Fsp3) is 0.368. The highest BCUT2D eigenvalue weighted by Gasteiger charge is 2.28. The number of fused-ring (bicyclic) bond motifs is 1. The van der Waals surface area contributed by atoms with Crippen LogP contribution in [0.2, 0.25) is 0 Å². The Morgan fingerprint density at radius 1 is 1.25 bits per heavy atom. The normalized spacial score (nSPS) is 16.8. The minimum Gasteiger partial charge on any atom is -0.497 e. The van der Waals surface area contributed by atoms with E-state index >= 15 is 0 Å². The predicted octanol–water partition coefficient (Wildman–Crippen LogP) is 2.23. The van der Waals surface area contributed by atoms with Gasteiger partial charge in [-0.1, -0.05) is 0 Å². The first-order valence-corrected chi connectivity index (χ1v) is 9.11. The molecule has 1 amide bonds. The summed E-state index contributed by atoms with van der Waals surface area (Å²) in [5.74, 6) is 1.81. The van der Waals surface area contributed by atoms with Crippen molar-refractivity contribution in [2.75, 3.05) is 37.5 Å². The van der Waals surface area contributed by atoms with E-state index in [2.05, 4.69) is 30.2 Å². The number of nitrogens with zero attached hydrogens (tertiary/aromatic N) is 4. The number of carbonyl (C=O) groups excluding carboxylic acids is 1. The third-order valence-electron chi connectivity index (χ3n) is 4.96. The molecule has 9 heteroatoms. The molecule has 1 aliphatic rings. The number of methoxy groups -OCH3 is 2. The summed E-state index contributed by atoms with van der Waals surface area (Å²) in [4.78, 5) is 30.9. The van der Waals surface area contributed by atoms with Crippen LogP contribution in [0.25, 0.3) is 11.2 Å². The Hall–Kier alpha value is -3.36. The average molecular weight is 382 g/mol. The maximum Gasteiger partial charge on any atom is 0.229 e. The van der Waals surface area contributed by atoms with E-state index in [1.807, 2.05) is 0 Å². The molecule has 1 atom stereocenters. The van der Waals surface area contributed by atoms with Crippen LogP contribution in [-0.2, 0) is 4.79 Å². The van der Waals surface area contributed by atoms with Gasteiger partial charge in [0.1, 0.15) is 23.3 Å². The second-order valence-corrected chi connectivity index (χ2v) is 6.64. The summed E-state index contributed by atoms with van der Waals surface area (Å²) in [6, 6.07) is 5.33. The zero-order chi connectivity index (χ0) is 19.5. The van der Waals surface area contributed by atoms with Gasteiger partial charge in [-0.05, 0) is 25.0 Å². The molecule has 3 heterocycles. The number of anilines is 2. The van der Waals surface area contributed by atoms with Crippen LogP contribution in [0, 0.1) is 5.92 Å². The predicted molar refractivity (Wildman–Crippen MR) is 105 cm³/mol.